The third-order valence-corrected chi connectivity index (χ3v) is 6.02. The van der Waals surface area contributed by atoms with Gasteiger partial charge in [-0.3, -0.25) is 4.98 Å². The minimum atomic E-state index is 0.894. The first-order valence-electron chi connectivity index (χ1n) is 10.5. The molecule has 0 amide bonds. The van der Waals surface area contributed by atoms with Crippen LogP contribution in [0.5, 0.6) is 0 Å². The van der Waals surface area contributed by atoms with Gasteiger partial charge in [-0.05, 0) is 52.1 Å². The van der Waals surface area contributed by atoms with Crippen molar-refractivity contribution in [2.45, 2.75) is 20.3 Å². The van der Waals surface area contributed by atoms with Crippen LogP contribution in [0.25, 0.3) is 54.8 Å². The number of imidazole rings is 2. The number of aryl methyl sites for hydroxylation is 2. The zero-order valence-electron chi connectivity index (χ0n) is 17.4. The number of hydrogen-bond acceptors (Lipinski definition) is 3. The first kappa shape index (κ1) is 17.8. The van der Waals surface area contributed by atoms with Crippen LogP contribution in [-0.4, -0.2) is 24.9 Å². The van der Waals surface area contributed by atoms with Crippen molar-refractivity contribution in [3.8, 4) is 22.5 Å². The van der Waals surface area contributed by atoms with E-state index < -0.39 is 0 Å². The van der Waals surface area contributed by atoms with Gasteiger partial charge >= 0.3 is 0 Å². The number of nitrogens with zero attached hydrogens (tertiary/aromatic N) is 3. The molecule has 0 aliphatic heterocycles. The third kappa shape index (κ3) is 2.81. The summed E-state index contributed by atoms with van der Waals surface area (Å²) >= 11 is 0. The van der Waals surface area contributed by atoms with E-state index in [0.29, 0.717) is 0 Å². The Morgan fingerprint density at radius 3 is 1.97 bits per heavy atom. The van der Waals surface area contributed by atoms with Gasteiger partial charge in [-0.1, -0.05) is 31.2 Å². The maximum absolute atomic E-state index is 4.47. The Bertz CT molecular complexity index is 1570. The van der Waals surface area contributed by atoms with Crippen molar-refractivity contribution in [2.24, 2.45) is 0 Å². The van der Waals surface area contributed by atoms with Gasteiger partial charge in [-0.2, -0.15) is 0 Å². The van der Waals surface area contributed by atoms with Crippen molar-refractivity contribution >= 4 is 32.3 Å². The molecule has 0 aliphatic carbocycles. The van der Waals surface area contributed by atoms with Gasteiger partial charge in [-0.15, -0.1) is 0 Å². The summed E-state index contributed by atoms with van der Waals surface area (Å²) in [6, 6.07) is 15.4. The molecule has 3 aromatic heterocycles. The molecule has 5 heteroatoms. The monoisotopic (exact) mass is 403 g/mol. The van der Waals surface area contributed by atoms with Crippen molar-refractivity contribution < 1.29 is 0 Å². The van der Waals surface area contributed by atoms with E-state index >= 15 is 0 Å². The second-order valence-electron chi connectivity index (χ2n) is 7.92. The van der Waals surface area contributed by atoms with Gasteiger partial charge in [0, 0.05) is 35.3 Å². The summed E-state index contributed by atoms with van der Waals surface area (Å²) in [4.78, 5) is 20.0. The van der Waals surface area contributed by atoms with E-state index in [2.05, 4.69) is 74.3 Å². The van der Waals surface area contributed by atoms with Gasteiger partial charge in [-0.25, -0.2) is 9.97 Å². The highest BCUT2D eigenvalue weighted by atomic mass is 14.9. The first-order chi connectivity index (χ1) is 15.2. The van der Waals surface area contributed by atoms with E-state index in [-0.39, 0.29) is 0 Å². The molecule has 31 heavy (non-hydrogen) atoms. The molecule has 0 saturated carbocycles. The van der Waals surface area contributed by atoms with Crippen LogP contribution in [0.2, 0.25) is 0 Å². The smallest absolute Gasteiger partial charge is 0.106 e. The molecule has 0 fully saturated rings. The molecule has 150 valence electrons. The maximum Gasteiger partial charge on any atom is 0.106 e. The predicted octanol–water partition coefficient (Wildman–Crippen LogP) is 6.19. The number of rotatable bonds is 3. The van der Waals surface area contributed by atoms with Crippen LogP contribution >= 0.6 is 0 Å². The lowest BCUT2D eigenvalue weighted by molar-refractivity contribution is 0.991. The van der Waals surface area contributed by atoms with Crippen LogP contribution in [0.1, 0.15) is 18.6 Å². The SMILES string of the molecule is CCc1ncc(-c2ccc3c4ccc(-c5cnc(C)[nH]5)cc4c4cnccc4c3c2)[nH]1. The lowest BCUT2D eigenvalue weighted by Crippen LogP contribution is -1.88. The van der Waals surface area contributed by atoms with Gasteiger partial charge in [0.15, 0.2) is 0 Å². The second-order valence-corrected chi connectivity index (χ2v) is 7.92. The Hall–Kier alpha value is -3.99. The molecule has 6 aromatic rings. The average Bonchev–Trinajstić information content (AvgIpc) is 3.48. The minimum absolute atomic E-state index is 0.894. The van der Waals surface area contributed by atoms with E-state index in [1.165, 1.54) is 26.9 Å². The number of hydrogen-bond donors (Lipinski definition) is 2. The molecule has 3 heterocycles. The summed E-state index contributed by atoms with van der Waals surface area (Å²) in [5, 5.41) is 7.23. The molecular formula is C26H21N5. The normalized spacial score (nSPS) is 11.7. The van der Waals surface area contributed by atoms with E-state index in [1.807, 2.05) is 31.7 Å². The molecule has 2 N–H and O–H groups in total. The van der Waals surface area contributed by atoms with E-state index in [9.17, 15) is 0 Å². The summed E-state index contributed by atoms with van der Waals surface area (Å²) in [5.74, 6) is 1.92. The van der Waals surface area contributed by atoms with Gasteiger partial charge in [0.05, 0.1) is 23.8 Å². The predicted molar refractivity (Wildman–Crippen MR) is 126 cm³/mol. The molecule has 0 radical (unpaired) electrons. The quantitative estimate of drug-likeness (QED) is 0.346. The lowest BCUT2D eigenvalue weighted by Gasteiger charge is -2.12. The molecule has 0 aliphatic rings. The van der Waals surface area contributed by atoms with Crippen molar-refractivity contribution in [1.29, 1.82) is 0 Å². The summed E-state index contributed by atoms with van der Waals surface area (Å²) in [6.45, 7) is 4.08. The number of nitrogens with one attached hydrogen (secondary N) is 2. The second kappa shape index (κ2) is 6.77. The molecule has 0 spiro atoms. The number of fused-ring (bicyclic) bond motifs is 6. The molecule has 0 atom stereocenters. The molecule has 0 saturated heterocycles. The fourth-order valence-corrected chi connectivity index (χ4v) is 4.44. The topological polar surface area (TPSA) is 70.2 Å². The maximum atomic E-state index is 4.47. The minimum Gasteiger partial charge on any atom is -0.342 e. The van der Waals surface area contributed by atoms with Crippen LogP contribution in [-0.2, 0) is 6.42 Å². The summed E-state index contributed by atoms with van der Waals surface area (Å²) in [6.07, 6.45) is 8.54. The summed E-state index contributed by atoms with van der Waals surface area (Å²) < 4.78 is 0. The fraction of sp³-hybridized carbons (Fsp3) is 0.115. The standard InChI is InChI=1S/C26H21N5/c1-3-26-29-14-25(31-26)17-5-6-18-19-7-4-16(24-13-28-15(2)30-24)11-22(19)23-12-27-9-8-20(23)21(18)10-17/h4-14H,3H2,1-2H3,(H,28,30)(H,29,31). The average molecular weight is 403 g/mol. The highest BCUT2D eigenvalue weighted by molar-refractivity contribution is 6.26. The number of H-pyrrole nitrogens is 2. The van der Waals surface area contributed by atoms with E-state index in [0.717, 1.165) is 46.0 Å². The molecule has 3 aromatic carbocycles. The van der Waals surface area contributed by atoms with Crippen LogP contribution in [0.3, 0.4) is 0 Å². The Morgan fingerprint density at radius 2 is 1.32 bits per heavy atom. The van der Waals surface area contributed by atoms with Crippen LogP contribution in [0.4, 0.5) is 0 Å². The van der Waals surface area contributed by atoms with Crippen molar-refractivity contribution in [3.05, 3.63) is 78.9 Å². The van der Waals surface area contributed by atoms with E-state index in [4.69, 9.17) is 0 Å². The summed E-state index contributed by atoms with van der Waals surface area (Å²) in [5.41, 5.74) is 4.34. The van der Waals surface area contributed by atoms with Crippen molar-refractivity contribution in [2.75, 3.05) is 0 Å². The highest BCUT2D eigenvalue weighted by Gasteiger charge is 2.12. The van der Waals surface area contributed by atoms with Gasteiger partial charge in [0.1, 0.15) is 11.6 Å². The number of aromatic nitrogens is 5. The fourth-order valence-electron chi connectivity index (χ4n) is 4.44. The Kier molecular flexibility index (Phi) is 3.90. The lowest BCUT2D eigenvalue weighted by atomic mass is 9.92. The zero-order valence-corrected chi connectivity index (χ0v) is 17.4. The number of pyridine rings is 1. The van der Waals surface area contributed by atoms with Crippen LogP contribution < -0.4 is 0 Å². The molecule has 0 unspecified atom stereocenters. The van der Waals surface area contributed by atoms with Crippen LogP contribution in [0, 0.1) is 6.92 Å². The van der Waals surface area contributed by atoms with Gasteiger partial charge < -0.3 is 9.97 Å². The summed E-state index contributed by atoms with van der Waals surface area (Å²) in [7, 11) is 0. The largest absolute Gasteiger partial charge is 0.342 e. The Labute approximate surface area is 179 Å². The van der Waals surface area contributed by atoms with Crippen molar-refractivity contribution in [3.63, 3.8) is 0 Å². The molecule has 0 bridgehead atoms. The van der Waals surface area contributed by atoms with Gasteiger partial charge in [0.25, 0.3) is 0 Å². The Morgan fingerprint density at radius 1 is 0.677 bits per heavy atom. The molecule has 5 nitrogen and oxygen atoms in total. The molecular weight excluding hydrogens is 382 g/mol. The first-order valence-corrected chi connectivity index (χ1v) is 10.5. The van der Waals surface area contributed by atoms with Crippen molar-refractivity contribution in [1.82, 2.24) is 24.9 Å². The van der Waals surface area contributed by atoms with Gasteiger partial charge in [0.2, 0.25) is 0 Å². The Balaban J connectivity index is 1.65. The van der Waals surface area contributed by atoms with Crippen LogP contribution in [0.15, 0.2) is 67.3 Å². The third-order valence-electron chi connectivity index (χ3n) is 6.02. The zero-order chi connectivity index (χ0) is 20.9. The highest BCUT2D eigenvalue weighted by Crippen LogP contribution is 2.38. The number of benzene rings is 3. The van der Waals surface area contributed by atoms with E-state index in [1.54, 1.807) is 0 Å². The number of aromatic amines is 2. The molecule has 6 rings (SSSR count).